The van der Waals surface area contributed by atoms with Crippen molar-refractivity contribution in [1.82, 2.24) is 25.6 Å². The minimum Gasteiger partial charge on any atom is -0.398 e. The monoisotopic (exact) mass is 435 g/mol. The van der Waals surface area contributed by atoms with E-state index in [0.29, 0.717) is 28.2 Å². The first-order chi connectivity index (χ1) is 14.1. The fourth-order valence-electron chi connectivity index (χ4n) is 3.18. The molecular weight excluding hydrogens is 423 g/mol. The Balaban J connectivity index is 2.11. The first kappa shape index (κ1) is 19.7. The van der Waals surface area contributed by atoms with Crippen LogP contribution in [0.15, 0.2) is 47.5 Å². The van der Waals surface area contributed by atoms with Gasteiger partial charge in [0.2, 0.25) is 10.0 Å². The van der Waals surface area contributed by atoms with E-state index in [1.54, 1.807) is 24.3 Å². The van der Waals surface area contributed by atoms with Crippen molar-refractivity contribution in [1.29, 1.82) is 0 Å². The lowest BCUT2D eigenvalue weighted by Crippen LogP contribution is -2.21. The second kappa shape index (κ2) is 6.74. The number of nitrogen functional groups attached to an aromatic ring is 1. The molecule has 30 heavy (non-hydrogen) atoms. The summed E-state index contributed by atoms with van der Waals surface area (Å²) in [7, 11) is -4.82. The molecule has 2 aromatic heterocycles. The lowest BCUT2D eigenvalue weighted by atomic mass is 9.95. The van der Waals surface area contributed by atoms with E-state index >= 15 is 0 Å². The number of halogens is 3. The zero-order valence-corrected chi connectivity index (χ0v) is 15.7. The molecule has 0 atom stereocenters. The summed E-state index contributed by atoms with van der Waals surface area (Å²) in [6.07, 6.45) is -3.51. The highest BCUT2D eigenvalue weighted by Gasteiger charge is 2.39. The Labute approximate surface area is 167 Å². The number of sulfonamides is 1. The molecule has 0 saturated heterocycles. The van der Waals surface area contributed by atoms with Gasteiger partial charge in [0.15, 0.2) is 5.82 Å². The zero-order chi connectivity index (χ0) is 21.7. The van der Waals surface area contributed by atoms with Gasteiger partial charge in [0.25, 0.3) is 0 Å². The second-order valence-electron chi connectivity index (χ2n) is 6.29. The third-order valence-corrected chi connectivity index (χ3v) is 5.41. The van der Waals surface area contributed by atoms with Crippen LogP contribution in [0.5, 0.6) is 0 Å². The van der Waals surface area contributed by atoms with Crippen LogP contribution in [0.4, 0.5) is 18.9 Å². The molecule has 0 bridgehead atoms. The number of pyridine rings is 1. The van der Waals surface area contributed by atoms with E-state index in [0.717, 1.165) is 6.07 Å². The number of primary sulfonamides is 1. The number of hydrogen-bond donors (Lipinski definition) is 3. The fourth-order valence-corrected chi connectivity index (χ4v) is 4.16. The molecule has 0 radical (unpaired) electrons. The van der Waals surface area contributed by atoms with Gasteiger partial charge >= 0.3 is 6.18 Å². The highest BCUT2D eigenvalue weighted by atomic mass is 32.2. The van der Waals surface area contributed by atoms with Gasteiger partial charge in [-0.3, -0.25) is 4.98 Å². The van der Waals surface area contributed by atoms with Crippen LogP contribution >= 0.6 is 0 Å². The minimum atomic E-state index is -4.98. The van der Waals surface area contributed by atoms with Crippen LogP contribution in [0.25, 0.3) is 33.4 Å². The molecule has 0 unspecified atom stereocenters. The van der Waals surface area contributed by atoms with Gasteiger partial charge < -0.3 is 5.73 Å². The topological polar surface area (TPSA) is 154 Å². The number of tetrazole rings is 1. The number of hydrogen-bond acceptors (Lipinski definition) is 7. The van der Waals surface area contributed by atoms with Crippen LogP contribution < -0.4 is 10.9 Å². The molecule has 0 aliphatic rings. The van der Waals surface area contributed by atoms with Gasteiger partial charge in [-0.05, 0) is 39.8 Å². The molecule has 0 fully saturated rings. The smallest absolute Gasteiger partial charge is 0.398 e. The quantitative estimate of drug-likeness (QED) is 0.446. The van der Waals surface area contributed by atoms with Crippen molar-refractivity contribution in [2.45, 2.75) is 11.1 Å². The largest absolute Gasteiger partial charge is 0.417 e. The van der Waals surface area contributed by atoms with Gasteiger partial charge in [0.05, 0.1) is 11.1 Å². The van der Waals surface area contributed by atoms with Gasteiger partial charge in [-0.25, -0.2) is 18.7 Å². The van der Waals surface area contributed by atoms with Crippen molar-refractivity contribution in [2.24, 2.45) is 5.14 Å². The van der Waals surface area contributed by atoms with Crippen molar-refractivity contribution in [3.05, 3.63) is 48.2 Å². The van der Waals surface area contributed by atoms with E-state index in [1.165, 1.54) is 6.20 Å². The molecule has 2 aromatic carbocycles. The van der Waals surface area contributed by atoms with Crippen LogP contribution in [0.3, 0.4) is 0 Å². The van der Waals surface area contributed by atoms with Crippen LogP contribution in [0.1, 0.15) is 5.56 Å². The molecule has 0 aliphatic heterocycles. The average molecular weight is 435 g/mol. The maximum absolute atomic E-state index is 13.6. The van der Waals surface area contributed by atoms with Gasteiger partial charge in [-0.1, -0.05) is 18.2 Å². The van der Waals surface area contributed by atoms with E-state index in [-0.39, 0.29) is 11.4 Å². The molecule has 0 spiro atoms. The molecule has 4 rings (SSSR count). The van der Waals surface area contributed by atoms with Gasteiger partial charge in [-0.15, -0.1) is 5.10 Å². The number of fused-ring (bicyclic) bond motifs is 1. The van der Waals surface area contributed by atoms with E-state index in [4.69, 9.17) is 10.9 Å². The normalized spacial score (nSPS) is 12.4. The highest BCUT2D eigenvalue weighted by Crippen LogP contribution is 2.43. The number of alkyl halides is 3. The Kier molecular flexibility index (Phi) is 4.43. The highest BCUT2D eigenvalue weighted by molar-refractivity contribution is 7.89. The predicted octanol–water partition coefficient (Wildman–Crippen LogP) is 2.33. The molecule has 4 aromatic rings. The summed E-state index contributed by atoms with van der Waals surface area (Å²) >= 11 is 0. The molecule has 0 amide bonds. The number of aromatic nitrogens is 5. The summed E-state index contributed by atoms with van der Waals surface area (Å²) in [5.74, 6) is -0.291. The Bertz CT molecular complexity index is 1370. The Morgan fingerprint density at radius 2 is 1.83 bits per heavy atom. The number of rotatable bonds is 3. The number of benzene rings is 2. The number of aromatic amines is 1. The number of nitrogens with one attached hydrogen (secondary N) is 1. The lowest BCUT2D eigenvalue weighted by Gasteiger charge is -2.18. The van der Waals surface area contributed by atoms with Crippen molar-refractivity contribution in [2.75, 3.05) is 5.73 Å². The number of anilines is 1. The SMILES string of the molecule is Nc1ccnc2cc(-c3ccc(C(F)(F)F)c(S(N)(=O)=O)c3-c3nnn[nH]3)ccc12. The molecule has 13 heteroatoms. The molecule has 5 N–H and O–H groups in total. The lowest BCUT2D eigenvalue weighted by molar-refractivity contribution is -0.139. The minimum absolute atomic E-state index is 0.108. The van der Waals surface area contributed by atoms with Crippen molar-refractivity contribution in [3.8, 4) is 22.5 Å². The van der Waals surface area contributed by atoms with E-state index < -0.39 is 32.2 Å². The first-order valence-corrected chi connectivity index (χ1v) is 9.77. The zero-order valence-electron chi connectivity index (χ0n) is 14.8. The van der Waals surface area contributed by atoms with Gasteiger partial charge in [0.1, 0.15) is 4.90 Å². The summed E-state index contributed by atoms with van der Waals surface area (Å²) in [6.45, 7) is 0. The van der Waals surface area contributed by atoms with Crippen molar-refractivity contribution < 1.29 is 21.6 Å². The van der Waals surface area contributed by atoms with Crippen LogP contribution in [0, 0.1) is 0 Å². The predicted molar refractivity (Wildman–Crippen MR) is 101 cm³/mol. The van der Waals surface area contributed by atoms with Crippen LogP contribution in [-0.4, -0.2) is 34.0 Å². The fraction of sp³-hybridized carbons (Fsp3) is 0.0588. The maximum atomic E-state index is 13.6. The maximum Gasteiger partial charge on any atom is 0.417 e. The third-order valence-electron chi connectivity index (χ3n) is 4.42. The van der Waals surface area contributed by atoms with Crippen LogP contribution in [0.2, 0.25) is 0 Å². The third kappa shape index (κ3) is 3.33. The Morgan fingerprint density at radius 1 is 1.07 bits per heavy atom. The summed E-state index contributed by atoms with van der Waals surface area (Å²) in [4.78, 5) is 3.06. The molecule has 0 aliphatic carbocycles. The van der Waals surface area contributed by atoms with E-state index in [9.17, 15) is 21.6 Å². The molecular formula is C17H12F3N7O2S. The summed E-state index contributed by atoms with van der Waals surface area (Å²) in [5, 5.41) is 18.4. The molecule has 9 nitrogen and oxygen atoms in total. The van der Waals surface area contributed by atoms with E-state index in [1.807, 2.05) is 0 Å². The second-order valence-corrected chi connectivity index (χ2v) is 7.79. The Hall–Kier alpha value is -3.58. The summed E-state index contributed by atoms with van der Waals surface area (Å²) in [6, 6.07) is 8.15. The van der Waals surface area contributed by atoms with Crippen molar-refractivity contribution in [3.63, 3.8) is 0 Å². The first-order valence-electron chi connectivity index (χ1n) is 8.23. The van der Waals surface area contributed by atoms with Gasteiger partial charge in [0, 0.05) is 22.8 Å². The average Bonchev–Trinajstić information content (AvgIpc) is 3.20. The summed E-state index contributed by atoms with van der Waals surface area (Å²) in [5.41, 5.74) is 5.48. The number of nitrogens with zero attached hydrogens (tertiary/aromatic N) is 4. The van der Waals surface area contributed by atoms with Crippen molar-refractivity contribution >= 4 is 26.6 Å². The number of nitrogens with two attached hydrogens (primary N) is 2. The number of H-pyrrole nitrogens is 1. The standard InChI is InChI=1S/C17H12F3N7O2S/c18-17(19,20)11-4-3-9(8-1-2-10-12(21)5-6-23-13(10)7-8)14(15(11)30(22,28)29)16-24-26-27-25-16/h1-7H,(H2,21,23)(H2,22,28,29)(H,24,25,26,27). The summed E-state index contributed by atoms with van der Waals surface area (Å²) < 4.78 is 65.2. The van der Waals surface area contributed by atoms with Crippen LogP contribution in [-0.2, 0) is 16.2 Å². The molecule has 2 heterocycles. The van der Waals surface area contributed by atoms with E-state index in [2.05, 4.69) is 25.6 Å². The molecule has 154 valence electrons. The van der Waals surface area contributed by atoms with Gasteiger partial charge in [-0.2, -0.15) is 13.2 Å². The Morgan fingerprint density at radius 3 is 2.47 bits per heavy atom. The molecule has 0 saturated carbocycles.